The molecule has 42 heavy (non-hydrogen) atoms. The maximum Gasteiger partial charge on any atom is 0.137 e. The Hall–Kier alpha value is -5.67. The lowest BCUT2D eigenvalue weighted by atomic mass is 10.0. The van der Waals surface area contributed by atoms with Crippen molar-refractivity contribution in [2.45, 2.75) is 0 Å². The molecule has 0 fully saturated rings. The normalized spacial score (nSPS) is 11.8. The smallest absolute Gasteiger partial charge is 0.137 e. The summed E-state index contributed by atoms with van der Waals surface area (Å²) in [7, 11) is 0. The largest absolute Gasteiger partial charge is 0.309 e. The van der Waals surface area contributed by atoms with E-state index in [9.17, 15) is 0 Å². The number of benzene rings is 6. The minimum Gasteiger partial charge on any atom is -0.309 e. The Morgan fingerprint density at radius 3 is 1.57 bits per heavy atom. The first-order valence-electron chi connectivity index (χ1n) is 14.3. The molecule has 0 N–H and O–H groups in total. The second-order valence-electron chi connectivity index (χ2n) is 10.9. The number of hydrogen-bond donors (Lipinski definition) is 0. The standard InChI is InChI=1S/C39H25N3/c1-3-11-26(12-4-1)27-19-20-39(40-25-27)42-36-18-10-8-16-32(36)34-22-28-21-33-31-15-7-9-17-35(31)41(30-13-5-2-6-14-30)37(33)23-29(28)24-38(34)42/h1-25H. The molecule has 0 aliphatic carbocycles. The summed E-state index contributed by atoms with van der Waals surface area (Å²) in [5.41, 5.74) is 8.20. The zero-order chi connectivity index (χ0) is 27.6. The average molecular weight is 536 g/mol. The number of aromatic nitrogens is 3. The van der Waals surface area contributed by atoms with E-state index < -0.39 is 0 Å². The van der Waals surface area contributed by atoms with E-state index in [1.165, 1.54) is 54.6 Å². The van der Waals surface area contributed by atoms with Crippen LogP contribution in [-0.4, -0.2) is 14.1 Å². The molecule has 0 saturated heterocycles. The Kier molecular flexibility index (Phi) is 4.90. The fraction of sp³-hybridized carbons (Fsp3) is 0. The number of rotatable bonds is 3. The van der Waals surface area contributed by atoms with Gasteiger partial charge < -0.3 is 4.57 Å². The summed E-state index contributed by atoms with van der Waals surface area (Å²) in [4.78, 5) is 4.97. The van der Waals surface area contributed by atoms with Crippen LogP contribution in [0.3, 0.4) is 0 Å². The van der Waals surface area contributed by atoms with Gasteiger partial charge in [0.2, 0.25) is 0 Å². The van der Waals surface area contributed by atoms with E-state index in [1.54, 1.807) is 0 Å². The van der Waals surface area contributed by atoms with Crippen molar-refractivity contribution in [3.63, 3.8) is 0 Å². The van der Waals surface area contributed by atoms with Crippen LogP contribution in [0.1, 0.15) is 0 Å². The monoisotopic (exact) mass is 535 g/mol. The van der Waals surface area contributed by atoms with Gasteiger partial charge >= 0.3 is 0 Å². The number of fused-ring (bicyclic) bond motifs is 7. The molecule has 9 rings (SSSR count). The summed E-state index contributed by atoms with van der Waals surface area (Å²) in [6, 6.07) is 52.1. The van der Waals surface area contributed by atoms with E-state index in [0.29, 0.717) is 0 Å². The van der Waals surface area contributed by atoms with Crippen molar-refractivity contribution in [2.75, 3.05) is 0 Å². The number of pyridine rings is 1. The van der Waals surface area contributed by atoms with Crippen LogP contribution in [0, 0.1) is 0 Å². The van der Waals surface area contributed by atoms with Crippen molar-refractivity contribution in [1.29, 1.82) is 0 Å². The molecule has 6 aromatic carbocycles. The molecule has 9 aromatic rings. The van der Waals surface area contributed by atoms with Gasteiger partial charge in [-0.05, 0) is 77.0 Å². The molecule has 0 amide bonds. The third kappa shape index (κ3) is 3.37. The van der Waals surface area contributed by atoms with Gasteiger partial charge in [0.05, 0.1) is 22.1 Å². The lowest BCUT2D eigenvalue weighted by molar-refractivity contribution is 1.08. The first kappa shape index (κ1) is 23.1. The molecular formula is C39H25N3. The van der Waals surface area contributed by atoms with Crippen molar-refractivity contribution in [2.24, 2.45) is 0 Å². The zero-order valence-corrected chi connectivity index (χ0v) is 22.8. The molecule has 0 radical (unpaired) electrons. The number of para-hydroxylation sites is 3. The van der Waals surface area contributed by atoms with Crippen LogP contribution >= 0.6 is 0 Å². The highest BCUT2D eigenvalue weighted by atomic mass is 15.1. The molecule has 3 aromatic heterocycles. The van der Waals surface area contributed by atoms with Gasteiger partial charge in [0, 0.05) is 39.0 Å². The van der Waals surface area contributed by atoms with Crippen LogP contribution in [0.4, 0.5) is 0 Å². The van der Waals surface area contributed by atoms with Crippen LogP contribution < -0.4 is 0 Å². The van der Waals surface area contributed by atoms with E-state index in [-0.39, 0.29) is 0 Å². The third-order valence-corrected chi connectivity index (χ3v) is 8.52. The minimum atomic E-state index is 0.916. The Balaban J connectivity index is 1.33. The zero-order valence-electron chi connectivity index (χ0n) is 22.8. The summed E-state index contributed by atoms with van der Waals surface area (Å²) in [6.07, 6.45) is 1.98. The lowest BCUT2D eigenvalue weighted by Crippen LogP contribution is -1.97. The maximum absolute atomic E-state index is 4.97. The third-order valence-electron chi connectivity index (χ3n) is 8.52. The molecule has 3 heterocycles. The second-order valence-corrected chi connectivity index (χ2v) is 10.9. The highest BCUT2D eigenvalue weighted by Gasteiger charge is 2.17. The molecule has 3 nitrogen and oxygen atoms in total. The predicted octanol–water partition coefficient (Wildman–Crippen LogP) is 10.1. The van der Waals surface area contributed by atoms with Crippen molar-refractivity contribution >= 4 is 54.4 Å². The van der Waals surface area contributed by atoms with E-state index in [1.807, 2.05) is 12.3 Å². The summed E-state index contributed by atoms with van der Waals surface area (Å²) >= 11 is 0. The molecule has 3 heteroatoms. The van der Waals surface area contributed by atoms with E-state index in [0.717, 1.165) is 22.4 Å². The second kappa shape index (κ2) is 8.92. The van der Waals surface area contributed by atoms with Crippen molar-refractivity contribution in [1.82, 2.24) is 14.1 Å². The fourth-order valence-electron chi connectivity index (χ4n) is 6.60. The van der Waals surface area contributed by atoms with Gasteiger partial charge in [-0.1, -0.05) is 84.9 Å². The topological polar surface area (TPSA) is 22.8 Å². The van der Waals surface area contributed by atoms with E-state index in [4.69, 9.17) is 4.98 Å². The van der Waals surface area contributed by atoms with Gasteiger partial charge in [0.15, 0.2) is 0 Å². The first-order valence-corrected chi connectivity index (χ1v) is 14.3. The molecule has 0 saturated carbocycles. The van der Waals surface area contributed by atoms with E-state index in [2.05, 4.69) is 149 Å². The van der Waals surface area contributed by atoms with Crippen molar-refractivity contribution in [3.8, 4) is 22.6 Å². The highest BCUT2D eigenvalue weighted by Crippen LogP contribution is 2.39. The Bertz CT molecular complexity index is 2430. The van der Waals surface area contributed by atoms with Crippen LogP contribution in [-0.2, 0) is 0 Å². The van der Waals surface area contributed by atoms with Crippen molar-refractivity contribution in [3.05, 3.63) is 152 Å². The molecular weight excluding hydrogens is 510 g/mol. The number of nitrogens with zero attached hydrogens (tertiary/aromatic N) is 3. The number of hydrogen-bond acceptors (Lipinski definition) is 1. The van der Waals surface area contributed by atoms with E-state index >= 15 is 0 Å². The Morgan fingerprint density at radius 1 is 0.381 bits per heavy atom. The van der Waals surface area contributed by atoms with Crippen LogP contribution in [0.2, 0.25) is 0 Å². The molecule has 0 unspecified atom stereocenters. The van der Waals surface area contributed by atoms with Gasteiger partial charge in [-0.25, -0.2) is 4.98 Å². The molecule has 0 bridgehead atoms. The maximum atomic E-state index is 4.97. The molecule has 0 aliphatic rings. The summed E-state index contributed by atoms with van der Waals surface area (Å²) in [5, 5.41) is 7.45. The SMILES string of the molecule is c1ccc(-c2ccc(-n3c4ccccc4c4cc5cc6c7ccccc7n(-c7ccccc7)c6cc5cc43)nc2)cc1. The van der Waals surface area contributed by atoms with Gasteiger partial charge in [0.1, 0.15) is 5.82 Å². The Labute approximate surface area is 242 Å². The molecule has 0 spiro atoms. The van der Waals surface area contributed by atoms with Gasteiger partial charge in [-0.3, -0.25) is 4.57 Å². The Morgan fingerprint density at radius 2 is 0.929 bits per heavy atom. The highest BCUT2D eigenvalue weighted by molar-refractivity contribution is 6.18. The van der Waals surface area contributed by atoms with Crippen LogP contribution in [0.15, 0.2) is 152 Å². The molecule has 0 aliphatic heterocycles. The van der Waals surface area contributed by atoms with Crippen LogP contribution in [0.25, 0.3) is 77.0 Å². The lowest BCUT2D eigenvalue weighted by Gasteiger charge is -2.10. The molecule has 0 atom stereocenters. The summed E-state index contributed by atoms with van der Waals surface area (Å²) < 4.78 is 4.68. The summed E-state index contributed by atoms with van der Waals surface area (Å²) in [5.74, 6) is 0.916. The average Bonchev–Trinajstić information content (AvgIpc) is 3.55. The van der Waals surface area contributed by atoms with Crippen LogP contribution in [0.5, 0.6) is 0 Å². The van der Waals surface area contributed by atoms with Crippen molar-refractivity contribution < 1.29 is 0 Å². The molecule has 196 valence electrons. The first-order chi connectivity index (χ1) is 20.8. The predicted molar refractivity (Wildman–Crippen MR) is 176 cm³/mol. The fourth-order valence-corrected chi connectivity index (χ4v) is 6.60. The van der Waals surface area contributed by atoms with Gasteiger partial charge in [0.25, 0.3) is 0 Å². The van der Waals surface area contributed by atoms with Gasteiger partial charge in [-0.2, -0.15) is 0 Å². The quantitative estimate of drug-likeness (QED) is 0.221. The van der Waals surface area contributed by atoms with Gasteiger partial charge in [-0.15, -0.1) is 0 Å². The summed E-state index contributed by atoms with van der Waals surface area (Å²) in [6.45, 7) is 0. The minimum absolute atomic E-state index is 0.916.